The Labute approximate surface area is 137 Å². The van der Waals surface area contributed by atoms with Gasteiger partial charge in [0.2, 0.25) is 0 Å². The molecule has 0 radical (unpaired) electrons. The summed E-state index contributed by atoms with van der Waals surface area (Å²) in [5.41, 5.74) is 12.0. The first-order chi connectivity index (χ1) is 10.8. The molecule has 4 heteroatoms. The number of H-pyrrole nitrogens is 1. The number of nitrogens with two attached hydrogens (primary N) is 1. The van der Waals surface area contributed by atoms with Crippen molar-refractivity contribution >= 4 is 22.3 Å². The zero-order valence-corrected chi connectivity index (χ0v) is 14.5. The normalized spacial score (nSPS) is 17.6. The molecular weight excluding hydrogens is 284 g/mol. The number of benzene rings is 1. The minimum atomic E-state index is 0.245. The van der Waals surface area contributed by atoms with Crippen molar-refractivity contribution in [2.24, 2.45) is 11.1 Å². The van der Waals surface area contributed by atoms with Crippen LogP contribution in [0.3, 0.4) is 0 Å². The second-order valence-electron chi connectivity index (χ2n) is 7.57. The first-order valence-electron chi connectivity index (χ1n) is 8.14. The molecule has 0 bridgehead atoms. The molecule has 4 N–H and O–H groups in total. The van der Waals surface area contributed by atoms with E-state index in [1.165, 1.54) is 0 Å². The third-order valence-corrected chi connectivity index (χ3v) is 4.80. The number of rotatable bonds is 3. The predicted octanol–water partition coefficient (Wildman–Crippen LogP) is 4.02. The topological polar surface area (TPSA) is 68.9 Å². The molecule has 0 atom stereocenters. The first kappa shape index (κ1) is 15.7. The summed E-state index contributed by atoms with van der Waals surface area (Å²) in [4.78, 5) is 5.47. The highest BCUT2D eigenvalue weighted by atomic mass is 15.1. The summed E-state index contributed by atoms with van der Waals surface area (Å²) in [6, 6.07) is 8.37. The molecule has 2 aromatic rings. The number of allylic oxidation sites excluding steroid dienone is 2. The highest BCUT2D eigenvalue weighted by molar-refractivity contribution is 6.12. The summed E-state index contributed by atoms with van der Waals surface area (Å²) in [6.07, 6.45) is 2.84. The molecule has 3 rings (SSSR count). The Morgan fingerprint density at radius 1 is 1.26 bits per heavy atom. The number of nitrogens with zero attached hydrogens (tertiary/aromatic N) is 1. The maximum Gasteiger partial charge on any atom is 0.0824 e. The second kappa shape index (κ2) is 5.44. The molecule has 1 aliphatic rings. The van der Waals surface area contributed by atoms with Gasteiger partial charge in [-0.15, -0.1) is 0 Å². The van der Waals surface area contributed by atoms with Crippen molar-refractivity contribution in [3.05, 3.63) is 41.2 Å². The Hall–Kier alpha value is -2.23. The molecule has 122 valence electrons. The van der Waals surface area contributed by atoms with Gasteiger partial charge in [-0.25, -0.2) is 0 Å². The van der Waals surface area contributed by atoms with Crippen LogP contribution in [0.2, 0.25) is 0 Å². The van der Waals surface area contributed by atoms with Crippen LogP contribution in [0.1, 0.15) is 38.8 Å². The Morgan fingerprint density at radius 2 is 2.00 bits per heavy atom. The minimum absolute atomic E-state index is 0.245. The van der Waals surface area contributed by atoms with Gasteiger partial charge in [-0.2, -0.15) is 0 Å². The van der Waals surface area contributed by atoms with Gasteiger partial charge in [-0.1, -0.05) is 19.9 Å². The van der Waals surface area contributed by atoms with Crippen molar-refractivity contribution < 1.29 is 0 Å². The monoisotopic (exact) mass is 310 g/mol. The number of hydrogen-bond donors (Lipinski definition) is 3. The second-order valence-corrected chi connectivity index (χ2v) is 7.57. The fraction of sp³-hybridized carbons (Fsp3) is 0.421. The average Bonchev–Trinajstić information content (AvgIpc) is 2.88. The van der Waals surface area contributed by atoms with Crippen LogP contribution in [-0.2, 0) is 0 Å². The van der Waals surface area contributed by atoms with E-state index in [1.807, 2.05) is 14.1 Å². The van der Waals surface area contributed by atoms with Crippen LogP contribution in [0.15, 0.2) is 35.5 Å². The number of aromatic nitrogens is 1. The third-order valence-electron chi connectivity index (χ3n) is 4.80. The molecule has 4 nitrogen and oxygen atoms in total. The lowest BCUT2D eigenvalue weighted by Gasteiger charge is -2.31. The van der Waals surface area contributed by atoms with Gasteiger partial charge in [0, 0.05) is 36.4 Å². The molecule has 1 heterocycles. The van der Waals surface area contributed by atoms with E-state index in [-0.39, 0.29) is 5.41 Å². The summed E-state index contributed by atoms with van der Waals surface area (Å²) in [5, 5.41) is 9.71. The van der Waals surface area contributed by atoms with Gasteiger partial charge in [0.1, 0.15) is 0 Å². The van der Waals surface area contributed by atoms with E-state index in [0.717, 1.165) is 52.8 Å². The van der Waals surface area contributed by atoms with E-state index in [9.17, 15) is 0 Å². The van der Waals surface area contributed by atoms with Gasteiger partial charge in [0.05, 0.1) is 11.4 Å². The van der Waals surface area contributed by atoms with Crippen LogP contribution in [0.5, 0.6) is 0 Å². The van der Waals surface area contributed by atoms with Crippen molar-refractivity contribution in [3.8, 4) is 0 Å². The quantitative estimate of drug-likeness (QED) is 0.749. The fourth-order valence-electron chi connectivity index (χ4n) is 3.31. The Balaban J connectivity index is 1.95. The Bertz CT molecular complexity index is 793. The molecular formula is C19H26N4. The lowest BCUT2D eigenvalue weighted by Crippen LogP contribution is -2.25. The molecule has 0 amide bonds. The Kier molecular flexibility index (Phi) is 3.71. The van der Waals surface area contributed by atoms with Crippen LogP contribution in [0, 0.1) is 10.8 Å². The Morgan fingerprint density at radius 3 is 2.65 bits per heavy atom. The first-order valence-corrected chi connectivity index (χ1v) is 8.14. The molecule has 0 spiro atoms. The predicted molar refractivity (Wildman–Crippen MR) is 98.3 cm³/mol. The van der Waals surface area contributed by atoms with Gasteiger partial charge < -0.3 is 15.6 Å². The number of nitrogens with one attached hydrogen (secondary N) is 2. The zero-order valence-electron chi connectivity index (χ0n) is 14.5. The average molecular weight is 310 g/mol. The third kappa shape index (κ3) is 2.98. The van der Waals surface area contributed by atoms with Crippen molar-refractivity contribution in [1.29, 1.82) is 5.41 Å². The number of hydrogen-bond acceptors (Lipinski definition) is 3. The summed E-state index contributed by atoms with van der Waals surface area (Å²) in [6.45, 7) is 4.48. The highest BCUT2D eigenvalue weighted by Crippen LogP contribution is 2.37. The van der Waals surface area contributed by atoms with E-state index in [1.54, 1.807) is 0 Å². The number of fused-ring (bicyclic) bond motifs is 1. The van der Waals surface area contributed by atoms with E-state index >= 15 is 0 Å². The fourth-order valence-corrected chi connectivity index (χ4v) is 3.31. The SMILES string of the molecule is CN(C)c1ccc2cc(C(=N)C3=C(N)CC(C)(C)CC3)[nH]c2c1. The standard InChI is InChI=1S/C19H26N4/c1-19(2)8-7-14(15(20)11-19)18(21)17-9-12-5-6-13(23(3)4)10-16(12)22-17/h5-6,9-10,21-22H,7-8,11,20H2,1-4H3. The summed E-state index contributed by atoms with van der Waals surface area (Å²) < 4.78 is 0. The van der Waals surface area contributed by atoms with E-state index in [2.05, 4.69) is 48.0 Å². The summed E-state index contributed by atoms with van der Waals surface area (Å²) >= 11 is 0. The summed E-state index contributed by atoms with van der Waals surface area (Å²) in [5.74, 6) is 0. The molecule has 23 heavy (non-hydrogen) atoms. The largest absolute Gasteiger partial charge is 0.402 e. The van der Waals surface area contributed by atoms with Crippen molar-refractivity contribution in [2.75, 3.05) is 19.0 Å². The molecule has 1 aromatic carbocycles. The van der Waals surface area contributed by atoms with Gasteiger partial charge in [-0.05, 0) is 48.4 Å². The van der Waals surface area contributed by atoms with Crippen LogP contribution in [-0.4, -0.2) is 24.8 Å². The minimum Gasteiger partial charge on any atom is -0.402 e. The van der Waals surface area contributed by atoms with Crippen LogP contribution >= 0.6 is 0 Å². The molecule has 1 aromatic heterocycles. The van der Waals surface area contributed by atoms with Crippen molar-refractivity contribution in [1.82, 2.24) is 4.98 Å². The van der Waals surface area contributed by atoms with Gasteiger partial charge >= 0.3 is 0 Å². The highest BCUT2D eigenvalue weighted by Gasteiger charge is 2.28. The molecule has 0 unspecified atom stereocenters. The molecule has 0 saturated carbocycles. The van der Waals surface area contributed by atoms with Gasteiger partial charge in [-0.3, -0.25) is 5.41 Å². The maximum atomic E-state index is 8.58. The van der Waals surface area contributed by atoms with Crippen LogP contribution in [0.4, 0.5) is 5.69 Å². The van der Waals surface area contributed by atoms with E-state index < -0.39 is 0 Å². The lowest BCUT2D eigenvalue weighted by molar-refractivity contribution is 0.315. The van der Waals surface area contributed by atoms with Crippen LogP contribution in [0.25, 0.3) is 10.9 Å². The van der Waals surface area contributed by atoms with Crippen LogP contribution < -0.4 is 10.6 Å². The number of aromatic amines is 1. The maximum absolute atomic E-state index is 8.58. The van der Waals surface area contributed by atoms with Crippen molar-refractivity contribution in [3.63, 3.8) is 0 Å². The van der Waals surface area contributed by atoms with E-state index in [4.69, 9.17) is 11.1 Å². The smallest absolute Gasteiger partial charge is 0.0824 e. The van der Waals surface area contributed by atoms with E-state index in [0.29, 0.717) is 5.71 Å². The molecule has 0 fully saturated rings. The van der Waals surface area contributed by atoms with Gasteiger partial charge in [0.25, 0.3) is 0 Å². The molecule has 0 saturated heterocycles. The lowest BCUT2D eigenvalue weighted by atomic mass is 9.75. The molecule has 1 aliphatic carbocycles. The van der Waals surface area contributed by atoms with Crippen molar-refractivity contribution in [2.45, 2.75) is 33.1 Å². The number of anilines is 1. The zero-order chi connectivity index (χ0) is 16.8. The summed E-state index contributed by atoms with van der Waals surface area (Å²) in [7, 11) is 4.06. The van der Waals surface area contributed by atoms with Gasteiger partial charge in [0.15, 0.2) is 0 Å². The molecule has 0 aliphatic heterocycles.